The molecule has 3 fully saturated rings. The SMILES string of the molecule is O=[S@]1CCc2nc(N3CC4CC3CC4c3ccc(Cl)cc3)cc(NC3(CO)CCC3)c21. The van der Waals surface area contributed by atoms with Crippen LogP contribution in [0.1, 0.15) is 49.3 Å². The summed E-state index contributed by atoms with van der Waals surface area (Å²) in [5.74, 6) is 2.87. The van der Waals surface area contributed by atoms with Crippen molar-refractivity contribution in [2.24, 2.45) is 5.92 Å². The van der Waals surface area contributed by atoms with Gasteiger partial charge in [0.25, 0.3) is 0 Å². The van der Waals surface area contributed by atoms with E-state index < -0.39 is 10.8 Å². The Balaban J connectivity index is 1.28. The number of aryl methyl sites for hydroxylation is 1. The van der Waals surface area contributed by atoms with Gasteiger partial charge in [-0.1, -0.05) is 23.7 Å². The Labute approximate surface area is 190 Å². The lowest BCUT2D eigenvalue weighted by Gasteiger charge is -2.42. The van der Waals surface area contributed by atoms with E-state index in [0.29, 0.717) is 23.6 Å². The van der Waals surface area contributed by atoms with Crippen LogP contribution in [0.2, 0.25) is 5.02 Å². The average Bonchev–Trinajstić information content (AvgIpc) is 3.45. The quantitative estimate of drug-likeness (QED) is 0.707. The molecule has 1 saturated heterocycles. The Morgan fingerprint density at radius 2 is 2.06 bits per heavy atom. The van der Waals surface area contributed by atoms with Gasteiger partial charge in [-0.2, -0.15) is 0 Å². The van der Waals surface area contributed by atoms with E-state index in [1.807, 2.05) is 12.1 Å². The van der Waals surface area contributed by atoms with Crippen molar-refractivity contribution in [3.05, 3.63) is 46.6 Å². The van der Waals surface area contributed by atoms with Crippen LogP contribution in [0.5, 0.6) is 0 Å². The monoisotopic (exact) mass is 457 g/mol. The van der Waals surface area contributed by atoms with Gasteiger partial charge >= 0.3 is 0 Å². The Morgan fingerprint density at radius 1 is 1.26 bits per heavy atom. The van der Waals surface area contributed by atoms with Gasteiger partial charge in [0.1, 0.15) is 5.82 Å². The second kappa shape index (κ2) is 7.46. The third-order valence-electron chi connectivity index (χ3n) is 7.93. The molecule has 4 atom stereocenters. The van der Waals surface area contributed by atoms with Gasteiger partial charge in [-0.3, -0.25) is 4.21 Å². The molecule has 3 unspecified atom stereocenters. The Hall–Kier alpha value is -1.63. The topological polar surface area (TPSA) is 65.5 Å². The molecule has 7 heteroatoms. The zero-order valence-electron chi connectivity index (χ0n) is 17.5. The minimum absolute atomic E-state index is 0.114. The fourth-order valence-electron chi connectivity index (χ4n) is 6.09. The molecule has 2 N–H and O–H groups in total. The van der Waals surface area contributed by atoms with E-state index in [0.717, 1.165) is 65.8 Å². The average molecular weight is 458 g/mol. The highest BCUT2D eigenvalue weighted by Gasteiger charge is 2.46. The van der Waals surface area contributed by atoms with Gasteiger partial charge < -0.3 is 15.3 Å². The summed E-state index contributed by atoms with van der Waals surface area (Å²) in [5, 5.41) is 14.4. The molecule has 5 nitrogen and oxygen atoms in total. The van der Waals surface area contributed by atoms with Gasteiger partial charge in [-0.05, 0) is 61.6 Å². The number of aliphatic hydroxyl groups excluding tert-OH is 1. The largest absolute Gasteiger partial charge is 0.394 e. The van der Waals surface area contributed by atoms with Crippen LogP contribution in [0.15, 0.2) is 35.2 Å². The first-order chi connectivity index (χ1) is 15.0. The summed E-state index contributed by atoms with van der Waals surface area (Å²) >= 11 is 6.08. The maximum atomic E-state index is 12.7. The minimum atomic E-state index is -1.00. The smallest absolute Gasteiger partial charge is 0.131 e. The number of nitrogens with zero attached hydrogens (tertiary/aromatic N) is 2. The molecule has 4 aliphatic rings. The Morgan fingerprint density at radius 3 is 2.71 bits per heavy atom. The molecule has 164 valence electrons. The normalized spacial score (nSPS) is 30.3. The molecule has 2 aliphatic heterocycles. The van der Waals surface area contributed by atoms with Gasteiger partial charge in [0.2, 0.25) is 0 Å². The molecule has 2 aliphatic carbocycles. The van der Waals surface area contributed by atoms with Crippen molar-refractivity contribution in [3.8, 4) is 0 Å². The number of benzene rings is 1. The maximum Gasteiger partial charge on any atom is 0.131 e. The molecule has 1 aromatic carbocycles. The second-order valence-corrected chi connectivity index (χ2v) is 11.7. The van der Waals surface area contributed by atoms with Gasteiger partial charge in [0.05, 0.1) is 39.2 Å². The number of hydrogen-bond donors (Lipinski definition) is 2. The van der Waals surface area contributed by atoms with E-state index in [1.165, 1.54) is 12.0 Å². The predicted octanol–water partition coefficient (Wildman–Crippen LogP) is 4.11. The van der Waals surface area contributed by atoms with Gasteiger partial charge in [0, 0.05) is 35.8 Å². The van der Waals surface area contributed by atoms with Crippen LogP contribution in [-0.4, -0.2) is 44.8 Å². The number of aromatic nitrogens is 1. The summed E-state index contributed by atoms with van der Waals surface area (Å²) in [6, 6.07) is 10.9. The zero-order chi connectivity index (χ0) is 21.2. The number of anilines is 2. The molecule has 2 saturated carbocycles. The van der Waals surface area contributed by atoms with Crippen molar-refractivity contribution in [1.82, 2.24) is 4.98 Å². The summed E-state index contributed by atoms with van der Waals surface area (Å²) < 4.78 is 12.7. The van der Waals surface area contributed by atoms with E-state index in [-0.39, 0.29) is 12.1 Å². The molecular formula is C24H28ClN3O2S. The number of pyridine rings is 1. The summed E-state index contributed by atoms with van der Waals surface area (Å²) in [5.41, 5.74) is 3.04. The van der Waals surface area contributed by atoms with E-state index >= 15 is 0 Å². The number of hydrogen-bond acceptors (Lipinski definition) is 5. The third-order valence-corrected chi connectivity index (χ3v) is 9.67. The fraction of sp³-hybridized carbons (Fsp3) is 0.542. The molecular weight excluding hydrogens is 430 g/mol. The van der Waals surface area contributed by atoms with Crippen LogP contribution in [0.4, 0.5) is 11.5 Å². The van der Waals surface area contributed by atoms with Crippen molar-refractivity contribution in [2.75, 3.05) is 29.1 Å². The highest BCUT2D eigenvalue weighted by Crippen LogP contribution is 2.49. The summed E-state index contributed by atoms with van der Waals surface area (Å²) in [4.78, 5) is 8.32. The maximum absolute atomic E-state index is 12.7. The highest BCUT2D eigenvalue weighted by molar-refractivity contribution is 7.85. The van der Waals surface area contributed by atoms with E-state index in [2.05, 4.69) is 28.4 Å². The summed E-state index contributed by atoms with van der Waals surface area (Å²) in [6.07, 6.45) is 6.14. The van der Waals surface area contributed by atoms with Crippen molar-refractivity contribution < 1.29 is 9.32 Å². The van der Waals surface area contributed by atoms with Crippen LogP contribution in [0.25, 0.3) is 0 Å². The fourth-order valence-corrected chi connectivity index (χ4v) is 7.57. The standard InChI is InChI=1S/C24H28ClN3O2S/c25-17-4-2-15(3-5-17)19-11-18-10-16(19)13-28(18)22-12-21(27-24(14-29)7-1-8-24)23-20(26-22)6-9-31(23)30/h2-5,12,16,18-19,29H,1,6-11,13-14H2,(H,26,27)/t16?,18?,19?,31-/m0/s1. The van der Waals surface area contributed by atoms with E-state index in [4.69, 9.17) is 16.6 Å². The number of rotatable bonds is 5. The number of fused-ring (bicyclic) bond motifs is 3. The predicted molar refractivity (Wildman–Crippen MR) is 125 cm³/mol. The zero-order valence-corrected chi connectivity index (χ0v) is 19.1. The highest BCUT2D eigenvalue weighted by atomic mass is 35.5. The molecule has 2 bridgehead atoms. The van der Waals surface area contributed by atoms with Crippen molar-refractivity contribution >= 4 is 33.9 Å². The summed E-state index contributed by atoms with van der Waals surface area (Å²) in [6.45, 7) is 1.13. The lowest BCUT2D eigenvalue weighted by Crippen LogP contribution is -2.48. The van der Waals surface area contributed by atoms with Crippen molar-refractivity contribution in [2.45, 2.75) is 60.9 Å². The Kier molecular flexibility index (Phi) is 4.82. The molecule has 6 rings (SSSR count). The molecule has 0 spiro atoms. The van der Waals surface area contributed by atoms with Crippen molar-refractivity contribution in [3.63, 3.8) is 0 Å². The molecule has 0 amide bonds. The van der Waals surface area contributed by atoms with Crippen molar-refractivity contribution in [1.29, 1.82) is 0 Å². The lowest BCUT2D eigenvalue weighted by atomic mass is 9.77. The number of aliphatic hydroxyl groups is 1. The van der Waals surface area contributed by atoms with Crippen LogP contribution < -0.4 is 10.2 Å². The molecule has 2 aromatic rings. The van der Waals surface area contributed by atoms with E-state index in [1.54, 1.807) is 0 Å². The first kappa shape index (κ1) is 20.0. The van der Waals surface area contributed by atoms with Gasteiger partial charge in [0.15, 0.2) is 0 Å². The van der Waals surface area contributed by atoms with Gasteiger partial charge in [-0.25, -0.2) is 4.98 Å². The van der Waals surface area contributed by atoms with Crippen LogP contribution in [-0.2, 0) is 17.2 Å². The molecule has 31 heavy (non-hydrogen) atoms. The second-order valence-electron chi connectivity index (χ2n) is 9.72. The lowest BCUT2D eigenvalue weighted by molar-refractivity contribution is 0.144. The number of nitrogens with one attached hydrogen (secondary N) is 1. The molecule has 0 radical (unpaired) electrons. The van der Waals surface area contributed by atoms with E-state index in [9.17, 15) is 9.32 Å². The van der Waals surface area contributed by atoms with Crippen LogP contribution in [0.3, 0.4) is 0 Å². The summed E-state index contributed by atoms with van der Waals surface area (Å²) in [7, 11) is -1.00. The van der Waals surface area contributed by atoms with Gasteiger partial charge in [-0.15, -0.1) is 0 Å². The number of piperidine rings is 1. The molecule has 1 aromatic heterocycles. The van der Waals surface area contributed by atoms with Crippen LogP contribution in [0, 0.1) is 5.92 Å². The molecule has 3 heterocycles. The van der Waals surface area contributed by atoms with Crippen LogP contribution >= 0.6 is 11.6 Å². The first-order valence-electron chi connectivity index (χ1n) is 11.4. The first-order valence-corrected chi connectivity index (χ1v) is 13.1. The Bertz CT molecular complexity index is 1030. The third kappa shape index (κ3) is 3.30. The minimum Gasteiger partial charge on any atom is -0.394 e. The number of halogens is 1.